The highest BCUT2D eigenvalue weighted by atomic mass is 16.4. The SMILES string of the molecule is CC(C)CC(O)C(=O)NCCn1ccc(C(=O)O)n1. The molecule has 106 valence electrons. The number of nitrogens with one attached hydrogen (secondary N) is 1. The first kappa shape index (κ1) is 15.2. The van der Waals surface area contributed by atoms with Crippen LogP contribution in [0.25, 0.3) is 0 Å². The molecule has 1 aromatic heterocycles. The maximum Gasteiger partial charge on any atom is 0.356 e. The minimum atomic E-state index is -1.09. The van der Waals surface area contributed by atoms with Crippen LogP contribution in [-0.4, -0.2) is 44.5 Å². The molecule has 1 rings (SSSR count). The minimum absolute atomic E-state index is 0.0360. The van der Waals surface area contributed by atoms with Gasteiger partial charge in [-0.3, -0.25) is 9.48 Å². The van der Waals surface area contributed by atoms with E-state index in [1.54, 1.807) is 0 Å². The van der Waals surface area contributed by atoms with Crippen molar-refractivity contribution in [1.82, 2.24) is 15.1 Å². The molecule has 0 spiro atoms. The molecule has 0 radical (unpaired) electrons. The van der Waals surface area contributed by atoms with Gasteiger partial charge in [0.15, 0.2) is 5.69 Å². The van der Waals surface area contributed by atoms with E-state index in [2.05, 4.69) is 10.4 Å². The number of hydrogen-bond donors (Lipinski definition) is 3. The van der Waals surface area contributed by atoms with Crippen molar-refractivity contribution in [2.75, 3.05) is 6.54 Å². The Balaban J connectivity index is 2.33. The van der Waals surface area contributed by atoms with E-state index in [-0.39, 0.29) is 18.2 Å². The first-order valence-corrected chi connectivity index (χ1v) is 6.12. The predicted molar refractivity (Wildman–Crippen MR) is 67.7 cm³/mol. The number of carboxylic acid groups (broad SMARTS) is 1. The first-order valence-electron chi connectivity index (χ1n) is 6.12. The molecule has 7 heteroatoms. The Morgan fingerprint density at radius 2 is 2.16 bits per heavy atom. The van der Waals surface area contributed by atoms with Crippen LogP contribution in [0.15, 0.2) is 12.3 Å². The number of aliphatic hydroxyl groups is 1. The number of amides is 1. The number of aromatic carboxylic acids is 1. The zero-order chi connectivity index (χ0) is 14.4. The minimum Gasteiger partial charge on any atom is -0.476 e. The second-order valence-corrected chi connectivity index (χ2v) is 4.71. The Morgan fingerprint density at radius 3 is 2.68 bits per heavy atom. The van der Waals surface area contributed by atoms with Gasteiger partial charge in [0.25, 0.3) is 0 Å². The van der Waals surface area contributed by atoms with Gasteiger partial charge in [-0.2, -0.15) is 5.10 Å². The lowest BCUT2D eigenvalue weighted by molar-refractivity contribution is -0.130. The third-order valence-corrected chi connectivity index (χ3v) is 2.50. The fourth-order valence-corrected chi connectivity index (χ4v) is 1.57. The van der Waals surface area contributed by atoms with Crippen LogP contribution in [-0.2, 0) is 11.3 Å². The van der Waals surface area contributed by atoms with Crippen molar-refractivity contribution in [2.24, 2.45) is 5.92 Å². The molecule has 0 aliphatic rings. The number of carbonyl (C=O) groups is 2. The number of carbonyl (C=O) groups excluding carboxylic acids is 1. The fraction of sp³-hybridized carbons (Fsp3) is 0.583. The summed E-state index contributed by atoms with van der Waals surface area (Å²) in [7, 11) is 0. The van der Waals surface area contributed by atoms with Crippen LogP contribution in [0.4, 0.5) is 0 Å². The van der Waals surface area contributed by atoms with Crippen molar-refractivity contribution in [2.45, 2.75) is 32.9 Å². The van der Waals surface area contributed by atoms with Gasteiger partial charge in [-0.15, -0.1) is 0 Å². The lowest BCUT2D eigenvalue weighted by atomic mass is 10.1. The van der Waals surface area contributed by atoms with Crippen LogP contribution in [0.1, 0.15) is 30.8 Å². The first-order chi connectivity index (χ1) is 8.90. The summed E-state index contributed by atoms with van der Waals surface area (Å²) in [6, 6.07) is 1.39. The second kappa shape index (κ2) is 6.89. The van der Waals surface area contributed by atoms with E-state index in [9.17, 15) is 14.7 Å². The van der Waals surface area contributed by atoms with Gasteiger partial charge in [0.05, 0.1) is 6.54 Å². The Hall–Kier alpha value is -1.89. The Labute approximate surface area is 111 Å². The van der Waals surface area contributed by atoms with Gasteiger partial charge >= 0.3 is 5.97 Å². The van der Waals surface area contributed by atoms with Crippen molar-refractivity contribution < 1.29 is 19.8 Å². The summed E-state index contributed by atoms with van der Waals surface area (Å²) < 4.78 is 1.43. The van der Waals surface area contributed by atoms with Gasteiger partial charge in [-0.05, 0) is 18.4 Å². The van der Waals surface area contributed by atoms with Crippen molar-refractivity contribution in [3.05, 3.63) is 18.0 Å². The summed E-state index contributed by atoms with van der Waals surface area (Å²) in [5.74, 6) is -1.26. The predicted octanol–water partition coefficient (Wildman–Crippen LogP) is 0.104. The largest absolute Gasteiger partial charge is 0.476 e. The smallest absolute Gasteiger partial charge is 0.356 e. The van der Waals surface area contributed by atoms with E-state index in [0.717, 1.165) is 0 Å². The third-order valence-electron chi connectivity index (χ3n) is 2.50. The third kappa shape index (κ3) is 5.09. The van der Waals surface area contributed by atoms with Gasteiger partial charge in [-0.25, -0.2) is 4.79 Å². The average Bonchev–Trinajstić information content (AvgIpc) is 2.76. The maximum atomic E-state index is 11.5. The van der Waals surface area contributed by atoms with Crippen molar-refractivity contribution in [1.29, 1.82) is 0 Å². The zero-order valence-electron chi connectivity index (χ0n) is 11.0. The number of hydrogen-bond acceptors (Lipinski definition) is 4. The highest BCUT2D eigenvalue weighted by Gasteiger charge is 2.15. The Kier molecular flexibility index (Phi) is 5.50. The summed E-state index contributed by atoms with van der Waals surface area (Å²) in [4.78, 5) is 22.1. The van der Waals surface area contributed by atoms with E-state index in [1.807, 2.05) is 13.8 Å². The fourth-order valence-electron chi connectivity index (χ4n) is 1.57. The topological polar surface area (TPSA) is 104 Å². The molecule has 1 heterocycles. The van der Waals surface area contributed by atoms with Gasteiger partial charge in [-0.1, -0.05) is 13.8 Å². The normalized spacial score (nSPS) is 12.4. The van der Waals surface area contributed by atoms with Crippen molar-refractivity contribution >= 4 is 11.9 Å². The van der Waals surface area contributed by atoms with Gasteiger partial charge in [0, 0.05) is 12.7 Å². The highest BCUT2D eigenvalue weighted by Crippen LogP contribution is 2.04. The molecule has 0 fully saturated rings. The number of rotatable bonds is 7. The maximum absolute atomic E-state index is 11.5. The molecule has 1 atom stereocenters. The van der Waals surface area contributed by atoms with E-state index in [1.165, 1.54) is 16.9 Å². The Morgan fingerprint density at radius 1 is 1.47 bits per heavy atom. The molecule has 0 aromatic carbocycles. The van der Waals surface area contributed by atoms with Crippen molar-refractivity contribution in [3.8, 4) is 0 Å². The Bertz CT molecular complexity index is 442. The highest BCUT2D eigenvalue weighted by molar-refractivity contribution is 5.85. The van der Waals surface area contributed by atoms with Gasteiger partial charge in [0.2, 0.25) is 5.91 Å². The van der Waals surface area contributed by atoms with E-state index in [0.29, 0.717) is 13.0 Å². The molecular weight excluding hydrogens is 250 g/mol. The van der Waals surface area contributed by atoms with Crippen LogP contribution >= 0.6 is 0 Å². The van der Waals surface area contributed by atoms with Crippen LogP contribution in [0.5, 0.6) is 0 Å². The number of aromatic nitrogens is 2. The average molecular weight is 269 g/mol. The van der Waals surface area contributed by atoms with E-state index < -0.39 is 18.0 Å². The molecular formula is C12H19N3O4. The molecule has 0 aliphatic heterocycles. The molecule has 0 saturated carbocycles. The van der Waals surface area contributed by atoms with E-state index in [4.69, 9.17) is 5.11 Å². The van der Waals surface area contributed by atoms with Gasteiger partial charge in [0.1, 0.15) is 6.10 Å². The van der Waals surface area contributed by atoms with Gasteiger partial charge < -0.3 is 15.5 Å². The monoisotopic (exact) mass is 269 g/mol. The standard InChI is InChI=1S/C12H19N3O4/c1-8(2)7-10(16)11(17)13-4-6-15-5-3-9(14-15)12(18)19/h3,5,8,10,16H,4,6-7H2,1-2H3,(H,13,17)(H,18,19). The second-order valence-electron chi connectivity index (χ2n) is 4.71. The molecule has 0 bridgehead atoms. The summed E-state index contributed by atoms with van der Waals surface area (Å²) >= 11 is 0. The molecule has 7 nitrogen and oxygen atoms in total. The summed E-state index contributed by atoms with van der Waals surface area (Å²) in [5, 5.41) is 24.6. The summed E-state index contributed by atoms with van der Waals surface area (Å²) in [6.45, 7) is 4.49. The molecule has 0 saturated heterocycles. The molecule has 1 amide bonds. The summed E-state index contributed by atoms with van der Waals surface area (Å²) in [6.07, 6.45) is 0.934. The molecule has 1 aromatic rings. The lowest BCUT2D eigenvalue weighted by Crippen LogP contribution is -2.37. The number of carboxylic acids is 1. The van der Waals surface area contributed by atoms with E-state index >= 15 is 0 Å². The van der Waals surface area contributed by atoms with Crippen molar-refractivity contribution in [3.63, 3.8) is 0 Å². The lowest BCUT2D eigenvalue weighted by Gasteiger charge is -2.13. The van der Waals surface area contributed by atoms with Crippen LogP contribution in [0, 0.1) is 5.92 Å². The molecule has 19 heavy (non-hydrogen) atoms. The number of nitrogens with zero attached hydrogens (tertiary/aromatic N) is 2. The summed E-state index contributed by atoms with van der Waals surface area (Å²) in [5.41, 5.74) is -0.0360. The quantitative estimate of drug-likeness (QED) is 0.651. The van der Waals surface area contributed by atoms with Crippen LogP contribution < -0.4 is 5.32 Å². The number of aliphatic hydroxyl groups excluding tert-OH is 1. The molecule has 0 aliphatic carbocycles. The zero-order valence-corrected chi connectivity index (χ0v) is 11.0. The van der Waals surface area contributed by atoms with Crippen LogP contribution in [0.3, 0.4) is 0 Å². The molecule has 1 unspecified atom stereocenters. The molecule has 3 N–H and O–H groups in total. The van der Waals surface area contributed by atoms with Crippen LogP contribution in [0.2, 0.25) is 0 Å².